The van der Waals surface area contributed by atoms with Crippen molar-refractivity contribution in [3.05, 3.63) is 66.5 Å². The van der Waals surface area contributed by atoms with E-state index in [1.54, 1.807) is 6.20 Å². The lowest BCUT2D eigenvalue weighted by Crippen LogP contribution is -2.36. The van der Waals surface area contributed by atoms with Crippen LogP contribution in [0.3, 0.4) is 0 Å². The van der Waals surface area contributed by atoms with Gasteiger partial charge in [0.2, 0.25) is 5.95 Å². The van der Waals surface area contributed by atoms with Crippen LogP contribution in [-0.2, 0) is 4.74 Å². The van der Waals surface area contributed by atoms with Crippen molar-refractivity contribution < 1.29 is 4.74 Å². The molecule has 0 bridgehead atoms. The van der Waals surface area contributed by atoms with E-state index in [4.69, 9.17) is 15.5 Å². The highest BCUT2D eigenvalue weighted by molar-refractivity contribution is 5.87. The molecule has 3 N–H and O–H groups in total. The summed E-state index contributed by atoms with van der Waals surface area (Å²) in [6, 6.07) is 16.2. The van der Waals surface area contributed by atoms with Crippen molar-refractivity contribution in [1.29, 1.82) is 0 Å². The van der Waals surface area contributed by atoms with Gasteiger partial charge in [-0.2, -0.15) is 4.98 Å². The van der Waals surface area contributed by atoms with Crippen molar-refractivity contribution >= 4 is 33.9 Å². The van der Waals surface area contributed by atoms with E-state index < -0.39 is 0 Å². The van der Waals surface area contributed by atoms with Crippen molar-refractivity contribution in [3.8, 4) is 5.82 Å². The molecular weight excluding hydrogens is 376 g/mol. The number of morpholine rings is 1. The number of nitrogens with zero attached hydrogens (tertiary/aromatic N) is 4. The number of nitrogen functional groups attached to an aromatic ring is 1. The topological polar surface area (TPSA) is 81.2 Å². The van der Waals surface area contributed by atoms with Crippen molar-refractivity contribution in [2.24, 2.45) is 0 Å². The number of ether oxygens (including phenoxy) is 1. The van der Waals surface area contributed by atoms with E-state index in [1.807, 2.05) is 24.3 Å². The largest absolute Gasteiger partial charge is 0.399 e. The molecule has 7 heteroatoms. The van der Waals surface area contributed by atoms with Crippen LogP contribution in [0.15, 0.2) is 60.9 Å². The van der Waals surface area contributed by atoms with Gasteiger partial charge in [-0.05, 0) is 61.0 Å². The molecule has 1 saturated heterocycles. The fraction of sp³-hybridized carbons (Fsp3) is 0.217. The molecule has 2 aromatic heterocycles. The van der Waals surface area contributed by atoms with Gasteiger partial charge in [-0.1, -0.05) is 0 Å². The zero-order valence-corrected chi connectivity index (χ0v) is 16.9. The second-order valence-electron chi connectivity index (χ2n) is 7.47. The Morgan fingerprint density at radius 2 is 1.83 bits per heavy atom. The van der Waals surface area contributed by atoms with Gasteiger partial charge in [0.1, 0.15) is 5.82 Å². The van der Waals surface area contributed by atoms with Gasteiger partial charge in [0, 0.05) is 47.9 Å². The van der Waals surface area contributed by atoms with E-state index in [2.05, 4.69) is 57.2 Å². The van der Waals surface area contributed by atoms with Crippen molar-refractivity contribution in [2.45, 2.75) is 6.92 Å². The highest BCUT2D eigenvalue weighted by Gasteiger charge is 2.12. The van der Waals surface area contributed by atoms with Crippen molar-refractivity contribution in [1.82, 2.24) is 14.5 Å². The molecule has 0 saturated carbocycles. The molecule has 0 radical (unpaired) electrons. The molecule has 7 nitrogen and oxygen atoms in total. The minimum atomic E-state index is 0.557. The summed E-state index contributed by atoms with van der Waals surface area (Å²) < 4.78 is 7.49. The third-order valence-electron chi connectivity index (χ3n) is 5.42. The standard InChI is InChI=1S/C23H24N6O/c1-16-15-29(21-7-2-17(24)14-20(16)21)22-8-9-25-23(27-22)26-18-3-5-19(6-4-18)28-10-12-30-13-11-28/h2-9,14-15H,10-13,24H2,1H3,(H,25,26,27). The number of hydrogen-bond donors (Lipinski definition) is 2. The quantitative estimate of drug-likeness (QED) is 0.506. The van der Waals surface area contributed by atoms with Gasteiger partial charge in [0.05, 0.1) is 18.7 Å². The van der Waals surface area contributed by atoms with Crippen molar-refractivity contribution in [2.75, 3.05) is 42.3 Å². The molecule has 2 aromatic carbocycles. The van der Waals surface area contributed by atoms with Crippen LogP contribution in [0.2, 0.25) is 0 Å². The highest BCUT2D eigenvalue weighted by Crippen LogP contribution is 2.26. The van der Waals surface area contributed by atoms with Crippen LogP contribution < -0.4 is 16.0 Å². The van der Waals surface area contributed by atoms with E-state index in [1.165, 1.54) is 5.69 Å². The van der Waals surface area contributed by atoms with E-state index in [9.17, 15) is 0 Å². The number of nitrogens with one attached hydrogen (secondary N) is 1. The summed E-state index contributed by atoms with van der Waals surface area (Å²) in [6.45, 7) is 5.48. The maximum atomic E-state index is 5.95. The van der Waals surface area contributed by atoms with Gasteiger partial charge >= 0.3 is 0 Å². The third-order valence-corrected chi connectivity index (χ3v) is 5.42. The molecule has 152 valence electrons. The first-order valence-corrected chi connectivity index (χ1v) is 10.1. The normalized spacial score (nSPS) is 14.2. The van der Waals surface area contributed by atoms with Crippen LogP contribution in [0, 0.1) is 6.92 Å². The smallest absolute Gasteiger partial charge is 0.229 e. The number of aryl methyl sites for hydroxylation is 1. The summed E-state index contributed by atoms with van der Waals surface area (Å²) in [4.78, 5) is 11.4. The predicted octanol–water partition coefficient (Wildman–Crippen LogP) is 3.89. The molecule has 3 heterocycles. The average molecular weight is 400 g/mol. The van der Waals surface area contributed by atoms with Gasteiger partial charge in [0.25, 0.3) is 0 Å². The summed E-state index contributed by atoms with van der Waals surface area (Å²) in [7, 11) is 0. The van der Waals surface area contributed by atoms with E-state index in [0.717, 1.165) is 60.0 Å². The Morgan fingerprint density at radius 3 is 2.63 bits per heavy atom. The molecule has 1 aliphatic heterocycles. The summed E-state index contributed by atoms with van der Waals surface area (Å²) in [5, 5.41) is 4.44. The van der Waals surface area contributed by atoms with Crippen LogP contribution in [0.25, 0.3) is 16.7 Å². The lowest BCUT2D eigenvalue weighted by Gasteiger charge is -2.28. The number of anilines is 4. The van der Waals surface area contributed by atoms with Crippen molar-refractivity contribution in [3.63, 3.8) is 0 Å². The first kappa shape index (κ1) is 18.4. The summed E-state index contributed by atoms with van der Waals surface area (Å²) >= 11 is 0. The Bertz CT molecular complexity index is 1180. The molecule has 0 atom stereocenters. The number of rotatable bonds is 4. The summed E-state index contributed by atoms with van der Waals surface area (Å²) in [6.07, 6.45) is 3.85. The first-order chi connectivity index (χ1) is 14.7. The Balaban J connectivity index is 1.39. The molecule has 30 heavy (non-hydrogen) atoms. The van der Waals surface area contributed by atoms with Gasteiger partial charge in [0.15, 0.2) is 0 Å². The zero-order valence-electron chi connectivity index (χ0n) is 16.9. The van der Waals surface area contributed by atoms with Gasteiger partial charge in [-0.25, -0.2) is 4.98 Å². The van der Waals surface area contributed by atoms with Crippen LogP contribution in [0.4, 0.5) is 23.0 Å². The molecule has 0 aliphatic carbocycles. The number of benzene rings is 2. The maximum Gasteiger partial charge on any atom is 0.229 e. The molecule has 1 fully saturated rings. The highest BCUT2D eigenvalue weighted by atomic mass is 16.5. The zero-order chi connectivity index (χ0) is 20.5. The first-order valence-electron chi connectivity index (χ1n) is 10.1. The second-order valence-corrected chi connectivity index (χ2v) is 7.47. The van der Waals surface area contributed by atoms with Crippen LogP contribution in [0.5, 0.6) is 0 Å². The van der Waals surface area contributed by atoms with Crippen LogP contribution in [0.1, 0.15) is 5.56 Å². The van der Waals surface area contributed by atoms with E-state index in [0.29, 0.717) is 5.95 Å². The monoisotopic (exact) mass is 400 g/mol. The lowest BCUT2D eigenvalue weighted by molar-refractivity contribution is 0.122. The number of hydrogen-bond acceptors (Lipinski definition) is 6. The molecule has 0 amide bonds. The third kappa shape index (κ3) is 3.55. The Morgan fingerprint density at radius 1 is 1.03 bits per heavy atom. The number of nitrogens with two attached hydrogens (primary N) is 1. The molecular formula is C23H24N6O. The Hall–Kier alpha value is -3.58. The maximum absolute atomic E-state index is 5.95. The molecule has 4 aromatic rings. The van der Waals surface area contributed by atoms with Crippen LogP contribution >= 0.6 is 0 Å². The lowest BCUT2D eigenvalue weighted by atomic mass is 10.2. The SMILES string of the molecule is Cc1cn(-c2ccnc(Nc3ccc(N4CCOCC4)cc3)n2)c2ccc(N)cc12. The minimum Gasteiger partial charge on any atom is -0.399 e. The fourth-order valence-corrected chi connectivity index (χ4v) is 3.85. The van der Waals surface area contributed by atoms with E-state index in [-0.39, 0.29) is 0 Å². The van der Waals surface area contributed by atoms with Gasteiger partial charge in [-0.3, -0.25) is 0 Å². The molecule has 0 unspecified atom stereocenters. The molecule has 0 spiro atoms. The fourth-order valence-electron chi connectivity index (χ4n) is 3.85. The predicted molar refractivity (Wildman–Crippen MR) is 121 cm³/mol. The Labute approximate surface area is 175 Å². The summed E-state index contributed by atoms with van der Waals surface area (Å²) in [5.74, 6) is 1.36. The van der Waals surface area contributed by atoms with Gasteiger partial charge < -0.3 is 25.3 Å². The summed E-state index contributed by atoms with van der Waals surface area (Å²) in [5.41, 5.74) is 11.1. The average Bonchev–Trinajstić information content (AvgIpc) is 3.11. The molecule has 1 aliphatic rings. The number of aromatic nitrogens is 3. The molecule has 5 rings (SSSR count). The minimum absolute atomic E-state index is 0.557. The van der Waals surface area contributed by atoms with E-state index >= 15 is 0 Å². The number of fused-ring (bicyclic) bond motifs is 1. The second kappa shape index (κ2) is 7.68. The van der Waals surface area contributed by atoms with Gasteiger partial charge in [-0.15, -0.1) is 0 Å². The van der Waals surface area contributed by atoms with Crippen LogP contribution in [-0.4, -0.2) is 40.8 Å². The Kier molecular flexibility index (Phi) is 4.72.